The third-order valence-corrected chi connectivity index (χ3v) is 8.55. The lowest BCUT2D eigenvalue weighted by atomic mass is 9.65. The van der Waals surface area contributed by atoms with E-state index in [0.29, 0.717) is 19.8 Å². The highest BCUT2D eigenvalue weighted by molar-refractivity contribution is 5.99. The summed E-state index contributed by atoms with van der Waals surface area (Å²) < 4.78 is 19.1. The fourth-order valence-corrected chi connectivity index (χ4v) is 7.15. The Morgan fingerprint density at radius 1 is 1.08 bits per heavy atom. The molecule has 0 N–H and O–H groups in total. The largest absolute Gasteiger partial charge is 0.445 e. The molecule has 4 aliphatic rings. The van der Waals surface area contributed by atoms with E-state index in [2.05, 4.69) is 13.8 Å². The lowest BCUT2D eigenvalue weighted by molar-refractivity contribution is -0.370. The maximum Gasteiger partial charge on any atom is 0.410 e. The zero-order chi connectivity index (χ0) is 24.9. The molecule has 5 atom stereocenters. The zero-order valence-electron chi connectivity index (χ0n) is 21.0. The summed E-state index contributed by atoms with van der Waals surface area (Å²) in [4.78, 5) is 31.2. The lowest BCUT2D eigenvalue weighted by Gasteiger charge is -2.64. The van der Waals surface area contributed by atoms with Crippen LogP contribution in [0.3, 0.4) is 0 Å². The molecule has 190 valence electrons. The van der Waals surface area contributed by atoms with Crippen LogP contribution in [0.5, 0.6) is 0 Å². The lowest BCUT2D eigenvalue weighted by Crippen LogP contribution is -2.76. The summed E-state index contributed by atoms with van der Waals surface area (Å²) in [6, 6.07) is 17.0. The second-order valence-corrected chi connectivity index (χ2v) is 10.4. The van der Waals surface area contributed by atoms with E-state index in [4.69, 9.17) is 14.2 Å². The van der Waals surface area contributed by atoms with Crippen LogP contribution in [-0.4, -0.2) is 59.4 Å². The Kier molecular flexibility index (Phi) is 6.00. The smallest absolute Gasteiger partial charge is 0.410 e. The topological polar surface area (TPSA) is 68.3 Å². The molecule has 3 saturated heterocycles. The number of likely N-dealkylation sites (tertiary alicyclic amines) is 1. The van der Waals surface area contributed by atoms with Crippen molar-refractivity contribution in [2.24, 2.45) is 11.8 Å². The third kappa shape index (κ3) is 3.47. The summed E-state index contributed by atoms with van der Waals surface area (Å²) in [6.07, 6.45) is 2.22. The van der Waals surface area contributed by atoms with Gasteiger partial charge >= 0.3 is 6.09 Å². The Labute approximate surface area is 212 Å². The number of fused-ring (bicyclic) bond motifs is 4. The number of nitrogens with zero attached hydrogens (tertiary/aromatic N) is 2. The molecule has 3 fully saturated rings. The van der Waals surface area contributed by atoms with Crippen LogP contribution >= 0.6 is 0 Å². The molecule has 2 aromatic rings. The summed E-state index contributed by atoms with van der Waals surface area (Å²) in [5.41, 5.74) is 2.71. The van der Waals surface area contributed by atoms with Gasteiger partial charge in [-0.25, -0.2) is 4.79 Å². The van der Waals surface area contributed by atoms with Crippen LogP contribution in [0.1, 0.15) is 60.6 Å². The summed E-state index contributed by atoms with van der Waals surface area (Å²) in [7, 11) is 0. The first-order valence-corrected chi connectivity index (χ1v) is 13.2. The number of carbonyl (C=O) groups is 2. The second kappa shape index (κ2) is 9.20. The fraction of sp³-hybridized carbons (Fsp3) is 0.517. The highest BCUT2D eigenvalue weighted by Gasteiger charge is 2.68. The van der Waals surface area contributed by atoms with Crippen molar-refractivity contribution in [2.75, 3.05) is 19.8 Å². The fourth-order valence-electron chi connectivity index (χ4n) is 7.15. The Morgan fingerprint density at radius 2 is 1.81 bits per heavy atom. The molecule has 0 aromatic heterocycles. The normalized spacial score (nSPS) is 30.2. The maximum atomic E-state index is 13.7. The standard InChI is InChI=1S/C29H34N2O5/c1-3-10-24-23-17-30-26(21-13-7-8-14-22(21)27(30)32)25(29(23)35-15-9-16-36-29)19(2)31(24)28(33)34-18-20-11-5-4-6-12-20/h4-8,11-14,19,23-26H,3,9-10,15-18H2,1-2H3/t19-,23+,24+,25+,26-/m1/s1. The summed E-state index contributed by atoms with van der Waals surface area (Å²) >= 11 is 0. The van der Waals surface area contributed by atoms with Crippen molar-refractivity contribution in [1.82, 2.24) is 9.80 Å². The average Bonchev–Trinajstić information content (AvgIpc) is 3.18. The van der Waals surface area contributed by atoms with Crippen molar-refractivity contribution in [1.29, 1.82) is 0 Å². The predicted octanol–water partition coefficient (Wildman–Crippen LogP) is 4.77. The first-order chi connectivity index (χ1) is 17.6. The van der Waals surface area contributed by atoms with Gasteiger partial charge in [-0.2, -0.15) is 0 Å². The molecule has 2 bridgehead atoms. The summed E-state index contributed by atoms with van der Waals surface area (Å²) in [6.45, 7) is 6.17. The van der Waals surface area contributed by atoms with Gasteiger partial charge < -0.3 is 24.0 Å². The van der Waals surface area contributed by atoms with E-state index in [1.165, 1.54) is 0 Å². The highest BCUT2D eigenvalue weighted by Crippen LogP contribution is 2.58. The monoisotopic (exact) mass is 490 g/mol. The van der Waals surface area contributed by atoms with Gasteiger partial charge in [0.1, 0.15) is 6.61 Å². The number of piperidine rings is 2. The van der Waals surface area contributed by atoms with Gasteiger partial charge in [0.25, 0.3) is 5.91 Å². The summed E-state index contributed by atoms with van der Waals surface area (Å²) in [5, 5.41) is 0. The average molecular weight is 491 g/mol. The van der Waals surface area contributed by atoms with Crippen molar-refractivity contribution in [3.63, 3.8) is 0 Å². The maximum absolute atomic E-state index is 13.7. The number of rotatable bonds is 4. The van der Waals surface area contributed by atoms with Gasteiger partial charge in [0.2, 0.25) is 0 Å². The van der Waals surface area contributed by atoms with Crippen LogP contribution in [0.15, 0.2) is 54.6 Å². The van der Waals surface area contributed by atoms with Gasteiger partial charge in [-0.15, -0.1) is 0 Å². The Morgan fingerprint density at radius 3 is 2.56 bits per heavy atom. The van der Waals surface area contributed by atoms with Gasteiger partial charge in [0, 0.05) is 24.2 Å². The molecule has 0 aliphatic carbocycles. The van der Waals surface area contributed by atoms with E-state index in [-0.39, 0.29) is 48.6 Å². The number of hydrogen-bond acceptors (Lipinski definition) is 5. The van der Waals surface area contributed by atoms with Crippen molar-refractivity contribution < 1.29 is 23.8 Å². The minimum atomic E-state index is -0.827. The van der Waals surface area contributed by atoms with E-state index in [0.717, 1.165) is 36.0 Å². The quantitative estimate of drug-likeness (QED) is 0.618. The van der Waals surface area contributed by atoms with Crippen LogP contribution < -0.4 is 0 Å². The van der Waals surface area contributed by atoms with E-state index in [1.54, 1.807) is 0 Å². The number of amides is 2. The van der Waals surface area contributed by atoms with E-state index < -0.39 is 5.79 Å². The SMILES string of the molecule is CCC[C@H]1[C@@H]2CN3C(=O)c4ccccc4[C@@H]3[C@H]([C@@H](C)N1C(=O)OCc1ccccc1)C21OCCCO1. The first kappa shape index (κ1) is 23.5. The van der Waals surface area contributed by atoms with Gasteiger partial charge in [0.15, 0.2) is 5.79 Å². The Hall–Kier alpha value is -2.90. The molecule has 4 heterocycles. The molecule has 1 spiro atoms. The van der Waals surface area contributed by atoms with Gasteiger partial charge in [0.05, 0.1) is 31.1 Å². The molecule has 36 heavy (non-hydrogen) atoms. The van der Waals surface area contributed by atoms with Crippen LogP contribution in [0.4, 0.5) is 4.79 Å². The van der Waals surface area contributed by atoms with Crippen molar-refractivity contribution in [3.8, 4) is 0 Å². The Bertz CT molecular complexity index is 1130. The van der Waals surface area contributed by atoms with Gasteiger partial charge in [-0.05, 0) is 37.0 Å². The number of hydrogen-bond donors (Lipinski definition) is 0. The minimum Gasteiger partial charge on any atom is -0.445 e. The number of benzene rings is 2. The highest BCUT2D eigenvalue weighted by atomic mass is 16.7. The van der Waals surface area contributed by atoms with Gasteiger partial charge in [-0.1, -0.05) is 61.9 Å². The molecular formula is C29H34N2O5. The Balaban J connectivity index is 1.41. The minimum absolute atomic E-state index is 0.0683. The van der Waals surface area contributed by atoms with Crippen LogP contribution in [0.25, 0.3) is 0 Å². The third-order valence-electron chi connectivity index (χ3n) is 8.55. The number of ether oxygens (including phenoxy) is 3. The predicted molar refractivity (Wildman–Crippen MR) is 133 cm³/mol. The molecule has 7 nitrogen and oxygen atoms in total. The van der Waals surface area contributed by atoms with E-state index in [9.17, 15) is 9.59 Å². The molecule has 7 heteroatoms. The van der Waals surface area contributed by atoms with E-state index >= 15 is 0 Å². The molecule has 6 rings (SSSR count). The molecular weight excluding hydrogens is 456 g/mol. The summed E-state index contributed by atoms with van der Waals surface area (Å²) in [5.74, 6) is -1.13. The van der Waals surface area contributed by atoms with Crippen molar-refractivity contribution in [2.45, 2.75) is 63.6 Å². The van der Waals surface area contributed by atoms with Crippen molar-refractivity contribution in [3.05, 3.63) is 71.3 Å². The van der Waals surface area contributed by atoms with Crippen molar-refractivity contribution >= 4 is 12.0 Å². The first-order valence-electron chi connectivity index (χ1n) is 13.2. The zero-order valence-corrected chi connectivity index (χ0v) is 21.0. The van der Waals surface area contributed by atoms with Crippen LogP contribution in [-0.2, 0) is 20.8 Å². The molecule has 4 aliphatic heterocycles. The molecule has 0 saturated carbocycles. The molecule has 0 radical (unpaired) electrons. The molecule has 2 amide bonds. The second-order valence-electron chi connectivity index (χ2n) is 10.4. The van der Waals surface area contributed by atoms with E-state index in [1.807, 2.05) is 64.4 Å². The van der Waals surface area contributed by atoms with Gasteiger partial charge in [-0.3, -0.25) is 4.79 Å². The molecule has 0 unspecified atom stereocenters. The van der Waals surface area contributed by atoms with Crippen LogP contribution in [0, 0.1) is 11.8 Å². The van der Waals surface area contributed by atoms with Crippen LogP contribution in [0.2, 0.25) is 0 Å². The number of carbonyl (C=O) groups excluding carboxylic acids is 2. The molecule has 2 aromatic carbocycles.